The van der Waals surface area contributed by atoms with Crippen LogP contribution in [0, 0.1) is 6.92 Å². The highest BCUT2D eigenvalue weighted by Crippen LogP contribution is 2.27. The fourth-order valence-electron chi connectivity index (χ4n) is 1.20. The van der Waals surface area contributed by atoms with E-state index in [0.29, 0.717) is 22.3 Å². The first kappa shape index (κ1) is 12.1. The molecule has 2 heterocycles. The number of alkyl halides is 1. The molecule has 0 aromatic carbocycles. The molecule has 0 saturated carbocycles. The van der Waals surface area contributed by atoms with Gasteiger partial charge in [-0.3, -0.25) is 4.98 Å². The molecule has 0 fully saturated rings. The van der Waals surface area contributed by atoms with E-state index in [1.165, 1.54) is 6.33 Å². The van der Waals surface area contributed by atoms with Gasteiger partial charge >= 0.3 is 0 Å². The van der Waals surface area contributed by atoms with Crippen molar-refractivity contribution in [3.63, 3.8) is 0 Å². The molecule has 2 aromatic rings. The van der Waals surface area contributed by atoms with Crippen molar-refractivity contribution in [1.29, 1.82) is 0 Å². The van der Waals surface area contributed by atoms with Gasteiger partial charge in [0.2, 0.25) is 5.88 Å². The smallest absolute Gasteiger partial charge is 0.228 e. The fraction of sp³-hybridized carbons (Fsp3) is 0.182. The third kappa shape index (κ3) is 2.84. The molecular formula is C11H9Cl2N3O. The minimum absolute atomic E-state index is 0.189. The van der Waals surface area contributed by atoms with Crippen LogP contribution in [0.1, 0.15) is 11.3 Å². The molecule has 17 heavy (non-hydrogen) atoms. The van der Waals surface area contributed by atoms with Crippen molar-refractivity contribution in [3.8, 4) is 11.6 Å². The lowest BCUT2D eigenvalue weighted by molar-refractivity contribution is 0.454. The summed E-state index contributed by atoms with van der Waals surface area (Å²) in [6, 6.07) is 3.65. The summed E-state index contributed by atoms with van der Waals surface area (Å²) < 4.78 is 5.55. The number of aromatic nitrogens is 3. The van der Waals surface area contributed by atoms with Crippen molar-refractivity contribution in [2.75, 3.05) is 0 Å². The maximum atomic E-state index is 5.89. The van der Waals surface area contributed by atoms with Crippen LogP contribution < -0.4 is 4.74 Å². The van der Waals surface area contributed by atoms with Crippen LogP contribution >= 0.6 is 23.2 Å². The number of halogens is 2. The predicted molar refractivity (Wildman–Crippen MR) is 65.6 cm³/mol. The quantitative estimate of drug-likeness (QED) is 0.633. The van der Waals surface area contributed by atoms with Gasteiger partial charge < -0.3 is 4.74 Å². The first-order valence-corrected chi connectivity index (χ1v) is 5.78. The normalized spacial score (nSPS) is 10.3. The molecular weight excluding hydrogens is 261 g/mol. The Balaban J connectivity index is 2.29. The molecule has 0 aliphatic rings. The number of hydrogen-bond acceptors (Lipinski definition) is 4. The van der Waals surface area contributed by atoms with E-state index in [0.717, 1.165) is 5.69 Å². The van der Waals surface area contributed by atoms with Gasteiger partial charge in [-0.25, -0.2) is 9.97 Å². The van der Waals surface area contributed by atoms with Gasteiger partial charge in [0.15, 0.2) is 0 Å². The van der Waals surface area contributed by atoms with E-state index in [9.17, 15) is 0 Å². The Bertz CT molecular complexity index is 517. The average Bonchev–Trinajstić information content (AvgIpc) is 2.32. The van der Waals surface area contributed by atoms with Gasteiger partial charge in [0.1, 0.15) is 17.2 Å². The van der Waals surface area contributed by atoms with Crippen LogP contribution in [0.3, 0.4) is 0 Å². The average molecular weight is 270 g/mol. The summed E-state index contributed by atoms with van der Waals surface area (Å²) in [6.07, 6.45) is 2.94. The Kier molecular flexibility index (Phi) is 3.76. The summed E-state index contributed by atoms with van der Waals surface area (Å²) >= 11 is 11.7. The summed E-state index contributed by atoms with van der Waals surface area (Å²) in [5.74, 6) is 1.12. The molecule has 0 N–H and O–H groups in total. The van der Waals surface area contributed by atoms with Crippen LogP contribution in [0.15, 0.2) is 24.7 Å². The maximum Gasteiger partial charge on any atom is 0.228 e. The standard InChI is InChI=1S/C11H9Cl2N3O/c1-7-2-3-8(5-14-7)17-11-9(4-12)10(13)15-6-16-11/h2-3,5-6H,4H2,1H3. The molecule has 0 aliphatic heterocycles. The Morgan fingerprint density at radius 2 is 2.06 bits per heavy atom. The zero-order chi connectivity index (χ0) is 12.3. The first-order chi connectivity index (χ1) is 8.20. The Labute approximate surface area is 109 Å². The lowest BCUT2D eigenvalue weighted by atomic mass is 10.3. The summed E-state index contributed by atoms with van der Waals surface area (Å²) in [5.41, 5.74) is 1.48. The number of nitrogens with zero attached hydrogens (tertiary/aromatic N) is 3. The SMILES string of the molecule is Cc1ccc(Oc2ncnc(Cl)c2CCl)cn1. The Morgan fingerprint density at radius 1 is 1.24 bits per heavy atom. The second kappa shape index (κ2) is 5.29. The fourth-order valence-corrected chi connectivity index (χ4v) is 1.70. The van der Waals surface area contributed by atoms with Gasteiger partial charge in [-0.05, 0) is 19.1 Å². The van der Waals surface area contributed by atoms with Crippen molar-refractivity contribution in [1.82, 2.24) is 15.0 Å². The topological polar surface area (TPSA) is 47.9 Å². The number of ether oxygens (including phenoxy) is 1. The van der Waals surface area contributed by atoms with Gasteiger partial charge in [0.25, 0.3) is 0 Å². The number of rotatable bonds is 3. The monoisotopic (exact) mass is 269 g/mol. The largest absolute Gasteiger partial charge is 0.437 e. The van der Waals surface area contributed by atoms with E-state index >= 15 is 0 Å². The highest BCUT2D eigenvalue weighted by Gasteiger charge is 2.11. The minimum Gasteiger partial charge on any atom is -0.437 e. The van der Waals surface area contributed by atoms with E-state index < -0.39 is 0 Å². The van der Waals surface area contributed by atoms with Gasteiger partial charge in [-0.15, -0.1) is 11.6 Å². The molecule has 0 bridgehead atoms. The van der Waals surface area contributed by atoms with Gasteiger partial charge in [-0.2, -0.15) is 0 Å². The molecule has 0 aliphatic carbocycles. The maximum absolute atomic E-state index is 5.89. The van der Waals surface area contributed by atoms with E-state index in [1.54, 1.807) is 12.3 Å². The van der Waals surface area contributed by atoms with E-state index in [4.69, 9.17) is 27.9 Å². The van der Waals surface area contributed by atoms with E-state index in [2.05, 4.69) is 15.0 Å². The zero-order valence-electron chi connectivity index (χ0n) is 9.02. The molecule has 0 amide bonds. The summed E-state index contributed by atoms with van der Waals surface area (Å²) in [7, 11) is 0. The van der Waals surface area contributed by atoms with Gasteiger partial charge in [0, 0.05) is 5.69 Å². The second-order valence-electron chi connectivity index (χ2n) is 3.32. The first-order valence-electron chi connectivity index (χ1n) is 4.86. The van der Waals surface area contributed by atoms with Gasteiger partial charge in [-0.1, -0.05) is 11.6 Å². The van der Waals surface area contributed by atoms with E-state index in [1.807, 2.05) is 13.0 Å². The van der Waals surface area contributed by atoms with Crippen LogP contribution in [0.2, 0.25) is 5.15 Å². The molecule has 0 spiro atoms. The molecule has 0 unspecified atom stereocenters. The van der Waals surface area contributed by atoms with E-state index in [-0.39, 0.29) is 5.88 Å². The minimum atomic E-state index is 0.189. The number of hydrogen-bond donors (Lipinski definition) is 0. The van der Waals surface area contributed by atoms with Crippen LogP contribution in [0.25, 0.3) is 0 Å². The molecule has 0 atom stereocenters. The van der Waals surface area contributed by atoms with Crippen LogP contribution in [0.4, 0.5) is 0 Å². The van der Waals surface area contributed by atoms with Crippen molar-refractivity contribution >= 4 is 23.2 Å². The lowest BCUT2D eigenvalue weighted by Gasteiger charge is -2.08. The molecule has 88 valence electrons. The molecule has 6 heteroatoms. The molecule has 2 rings (SSSR count). The summed E-state index contributed by atoms with van der Waals surface area (Å²) in [4.78, 5) is 12.0. The molecule has 2 aromatic heterocycles. The van der Waals surface area contributed by atoms with Crippen molar-refractivity contribution < 1.29 is 4.74 Å². The van der Waals surface area contributed by atoms with Crippen LogP contribution in [-0.4, -0.2) is 15.0 Å². The van der Waals surface area contributed by atoms with Crippen molar-refractivity contribution in [2.24, 2.45) is 0 Å². The number of aryl methyl sites for hydroxylation is 1. The van der Waals surface area contributed by atoms with Gasteiger partial charge in [0.05, 0.1) is 17.6 Å². The number of pyridine rings is 1. The third-order valence-corrected chi connectivity index (χ3v) is 2.68. The van der Waals surface area contributed by atoms with Crippen LogP contribution in [0.5, 0.6) is 11.6 Å². The van der Waals surface area contributed by atoms with Crippen molar-refractivity contribution in [2.45, 2.75) is 12.8 Å². The Hall–Kier alpha value is -1.39. The Morgan fingerprint density at radius 3 is 2.71 bits per heavy atom. The summed E-state index contributed by atoms with van der Waals surface area (Å²) in [6.45, 7) is 1.90. The zero-order valence-corrected chi connectivity index (χ0v) is 10.5. The molecule has 0 radical (unpaired) electrons. The summed E-state index contributed by atoms with van der Waals surface area (Å²) in [5, 5.41) is 0.296. The predicted octanol–water partition coefficient (Wildman–Crippen LogP) is 3.36. The van der Waals surface area contributed by atoms with Crippen LogP contribution in [-0.2, 0) is 5.88 Å². The highest BCUT2D eigenvalue weighted by molar-refractivity contribution is 6.31. The molecule has 4 nitrogen and oxygen atoms in total. The lowest BCUT2D eigenvalue weighted by Crippen LogP contribution is -1.96. The van der Waals surface area contributed by atoms with Crippen molar-refractivity contribution in [3.05, 3.63) is 41.1 Å². The molecule has 0 saturated heterocycles. The third-order valence-electron chi connectivity index (χ3n) is 2.09. The highest BCUT2D eigenvalue weighted by atomic mass is 35.5. The second-order valence-corrected chi connectivity index (χ2v) is 3.94.